The number of furan rings is 1. The van der Waals surface area contributed by atoms with Gasteiger partial charge in [-0.05, 0) is 27.7 Å². The highest BCUT2D eigenvalue weighted by Gasteiger charge is 2.28. The van der Waals surface area contributed by atoms with Gasteiger partial charge in [-0.15, -0.1) is 0 Å². The summed E-state index contributed by atoms with van der Waals surface area (Å²) in [6.07, 6.45) is 3.46. The van der Waals surface area contributed by atoms with Crippen molar-refractivity contribution in [3.05, 3.63) is 18.6 Å². The fourth-order valence-corrected chi connectivity index (χ4v) is 3.24. The Bertz CT molecular complexity index is 379. The zero-order chi connectivity index (χ0) is 14.3. The van der Waals surface area contributed by atoms with E-state index in [1.165, 1.54) is 0 Å². The van der Waals surface area contributed by atoms with Crippen molar-refractivity contribution >= 4 is 8.53 Å². The van der Waals surface area contributed by atoms with E-state index in [2.05, 4.69) is 38.4 Å². The topological polar surface area (TPSA) is 58.6 Å². The molecule has 1 unspecified atom stereocenters. The van der Waals surface area contributed by atoms with E-state index in [0.717, 1.165) is 0 Å². The summed E-state index contributed by atoms with van der Waals surface area (Å²) in [6.45, 7) is 8.77. The van der Waals surface area contributed by atoms with Crippen LogP contribution in [0.1, 0.15) is 34.1 Å². The molecule has 19 heavy (non-hydrogen) atoms. The van der Waals surface area contributed by atoms with Crippen LogP contribution in [0, 0.1) is 11.3 Å². The van der Waals surface area contributed by atoms with Gasteiger partial charge in [0.05, 0.1) is 25.4 Å². The van der Waals surface area contributed by atoms with Crippen molar-refractivity contribution in [3.8, 4) is 11.8 Å². The van der Waals surface area contributed by atoms with Crippen LogP contribution in [0.4, 0.5) is 0 Å². The highest BCUT2D eigenvalue weighted by atomic mass is 31.2. The Balaban J connectivity index is 2.74. The molecular formula is C13H21N2O3P. The molecule has 0 saturated heterocycles. The molecule has 1 atom stereocenters. The Morgan fingerprint density at radius 3 is 2.53 bits per heavy atom. The van der Waals surface area contributed by atoms with Gasteiger partial charge >= 0.3 is 8.53 Å². The van der Waals surface area contributed by atoms with Crippen LogP contribution in [0.15, 0.2) is 23.0 Å². The largest absolute Gasteiger partial charge is 0.469 e. The predicted octanol–water partition coefficient (Wildman–Crippen LogP) is 3.93. The Morgan fingerprint density at radius 2 is 2.05 bits per heavy atom. The van der Waals surface area contributed by atoms with E-state index in [1.807, 2.05) is 0 Å². The van der Waals surface area contributed by atoms with Gasteiger partial charge in [0.25, 0.3) is 0 Å². The van der Waals surface area contributed by atoms with Crippen LogP contribution in [0.2, 0.25) is 0 Å². The summed E-state index contributed by atoms with van der Waals surface area (Å²) in [6, 6.07) is 4.41. The third-order valence-corrected chi connectivity index (χ3v) is 4.41. The van der Waals surface area contributed by atoms with E-state index in [0.29, 0.717) is 30.9 Å². The lowest BCUT2D eigenvalue weighted by Crippen LogP contribution is -2.34. The molecule has 1 rings (SSSR count). The average molecular weight is 284 g/mol. The normalized spacial score (nSPS) is 12.9. The molecule has 0 aliphatic heterocycles. The van der Waals surface area contributed by atoms with Crippen molar-refractivity contribution in [2.24, 2.45) is 0 Å². The number of nitriles is 1. The Hall–Kier alpha value is -1.08. The van der Waals surface area contributed by atoms with Crippen LogP contribution >= 0.6 is 8.53 Å². The first-order valence-corrected chi connectivity index (χ1v) is 7.47. The summed E-state index contributed by atoms with van der Waals surface area (Å²) in [7, 11) is -1.24. The molecule has 106 valence electrons. The van der Waals surface area contributed by atoms with E-state index in [9.17, 15) is 0 Å². The fourth-order valence-electron chi connectivity index (χ4n) is 1.68. The van der Waals surface area contributed by atoms with Crippen LogP contribution in [0.5, 0.6) is 5.75 Å². The molecule has 0 bridgehead atoms. The molecule has 0 aliphatic rings. The van der Waals surface area contributed by atoms with Crippen LogP contribution < -0.4 is 4.52 Å². The molecule has 1 heterocycles. The van der Waals surface area contributed by atoms with Crippen LogP contribution in [-0.2, 0) is 4.52 Å². The van der Waals surface area contributed by atoms with Gasteiger partial charge in [-0.3, -0.25) is 0 Å². The lowest BCUT2D eigenvalue weighted by atomic mass is 10.3. The molecule has 0 amide bonds. The molecule has 0 fully saturated rings. The van der Waals surface area contributed by atoms with Gasteiger partial charge in [-0.1, -0.05) is 0 Å². The minimum atomic E-state index is -1.24. The van der Waals surface area contributed by atoms with Gasteiger partial charge in [0.2, 0.25) is 0 Å². The van der Waals surface area contributed by atoms with E-state index in [4.69, 9.17) is 18.7 Å². The fraction of sp³-hybridized carbons (Fsp3) is 0.615. The minimum Gasteiger partial charge on any atom is -0.469 e. The van der Waals surface area contributed by atoms with E-state index in [1.54, 1.807) is 18.6 Å². The van der Waals surface area contributed by atoms with E-state index < -0.39 is 8.53 Å². The molecule has 0 spiro atoms. The molecule has 1 aromatic rings. The first-order valence-electron chi connectivity index (χ1n) is 6.34. The van der Waals surface area contributed by atoms with Gasteiger partial charge in [-0.25, -0.2) is 4.67 Å². The highest BCUT2D eigenvalue weighted by molar-refractivity contribution is 7.45. The van der Waals surface area contributed by atoms with E-state index >= 15 is 0 Å². The maximum Gasteiger partial charge on any atom is 0.321 e. The zero-order valence-electron chi connectivity index (χ0n) is 11.9. The molecule has 0 N–H and O–H groups in total. The SMILES string of the molecule is CC(C)N(C(C)C)P(OCCC#N)Oc1ccoc1. The van der Waals surface area contributed by atoms with Crippen molar-refractivity contribution in [2.75, 3.05) is 6.61 Å². The van der Waals surface area contributed by atoms with Gasteiger partial charge in [-0.2, -0.15) is 5.26 Å². The molecule has 0 saturated carbocycles. The zero-order valence-corrected chi connectivity index (χ0v) is 12.8. The second kappa shape index (κ2) is 8.16. The molecule has 0 aromatic carbocycles. The molecule has 5 nitrogen and oxygen atoms in total. The van der Waals surface area contributed by atoms with Gasteiger partial charge in [0, 0.05) is 18.2 Å². The summed E-state index contributed by atoms with van der Waals surface area (Å²) in [5.74, 6) is 0.648. The number of hydrogen-bond donors (Lipinski definition) is 0. The summed E-state index contributed by atoms with van der Waals surface area (Å²) in [5, 5.41) is 8.60. The lowest BCUT2D eigenvalue weighted by molar-refractivity contribution is 0.219. The second-order valence-corrected chi connectivity index (χ2v) is 5.98. The van der Waals surface area contributed by atoms with Gasteiger partial charge in [0.1, 0.15) is 6.26 Å². The third-order valence-electron chi connectivity index (χ3n) is 2.34. The molecule has 0 radical (unpaired) electrons. The number of nitrogens with zero attached hydrogens (tertiary/aromatic N) is 2. The van der Waals surface area contributed by atoms with Crippen LogP contribution in [-0.4, -0.2) is 23.4 Å². The molecular weight excluding hydrogens is 263 g/mol. The Kier molecular flexibility index (Phi) is 6.86. The van der Waals surface area contributed by atoms with Crippen molar-refractivity contribution in [1.29, 1.82) is 5.26 Å². The molecule has 1 aromatic heterocycles. The highest BCUT2D eigenvalue weighted by Crippen LogP contribution is 2.46. The number of hydrogen-bond acceptors (Lipinski definition) is 5. The monoisotopic (exact) mass is 284 g/mol. The first-order chi connectivity index (χ1) is 9.06. The van der Waals surface area contributed by atoms with Crippen molar-refractivity contribution in [3.63, 3.8) is 0 Å². The van der Waals surface area contributed by atoms with Crippen molar-refractivity contribution in [1.82, 2.24) is 4.67 Å². The smallest absolute Gasteiger partial charge is 0.321 e. The predicted molar refractivity (Wildman–Crippen MR) is 74.5 cm³/mol. The van der Waals surface area contributed by atoms with Gasteiger partial charge in [0.15, 0.2) is 5.75 Å². The van der Waals surface area contributed by atoms with E-state index in [-0.39, 0.29) is 0 Å². The lowest BCUT2D eigenvalue weighted by Gasteiger charge is -2.34. The van der Waals surface area contributed by atoms with Crippen LogP contribution in [0.25, 0.3) is 0 Å². The maximum absolute atomic E-state index is 8.60. The summed E-state index contributed by atoms with van der Waals surface area (Å²) in [4.78, 5) is 0. The van der Waals surface area contributed by atoms with Crippen molar-refractivity contribution in [2.45, 2.75) is 46.2 Å². The Morgan fingerprint density at radius 1 is 1.37 bits per heavy atom. The summed E-state index contributed by atoms with van der Waals surface area (Å²) in [5.41, 5.74) is 0. The quantitative estimate of drug-likeness (QED) is 0.534. The van der Waals surface area contributed by atoms with Crippen molar-refractivity contribution < 1.29 is 13.5 Å². The second-order valence-electron chi connectivity index (χ2n) is 4.60. The molecule has 6 heteroatoms. The van der Waals surface area contributed by atoms with Crippen LogP contribution in [0.3, 0.4) is 0 Å². The average Bonchev–Trinajstić information content (AvgIpc) is 2.81. The molecule has 0 aliphatic carbocycles. The summed E-state index contributed by atoms with van der Waals surface area (Å²) >= 11 is 0. The number of rotatable bonds is 8. The standard InChI is InChI=1S/C13H21N2O3P/c1-11(2)15(12(3)4)19(17-8-5-7-14)18-13-6-9-16-10-13/h6,9-12H,5,8H2,1-4H3. The minimum absolute atomic E-state index is 0.292. The first kappa shape index (κ1) is 16.0. The third kappa shape index (κ3) is 5.20. The summed E-state index contributed by atoms with van der Waals surface area (Å²) < 4.78 is 18.8. The maximum atomic E-state index is 8.60. The van der Waals surface area contributed by atoms with Gasteiger partial charge < -0.3 is 13.5 Å². The Labute approximate surface area is 116 Å².